The molecule has 98 valence electrons. The molecule has 0 N–H and O–H groups in total. The molecule has 2 fully saturated rings. The van der Waals surface area contributed by atoms with Gasteiger partial charge in [0.05, 0.1) is 0 Å². The molecule has 0 amide bonds. The van der Waals surface area contributed by atoms with Crippen molar-refractivity contribution < 1.29 is 9.53 Å². The van der Waals surface area contributed by atoms with E-state index in [1.54, 1.807) is 0 Å². The lowest BCUT2D eigenvalue weighted by molar-refractivity contribution is -0.152. The van der Waals surface area contributed by atoms with Gasteiger partial charge in [-0.05, 0) is 39.2 Å². The van der Waals surface area contributed by atoms with Crippen LogP contribution in [-0.2, 0) is 9.53 Å². The molecule has 2 heterocycles. The van der Waals surface area contributed by atoms with Crippen molar-refractivity contribution in [1.29, 1.82) is 0 Å². The van der Waals surface area contributed by atoms with E-state index in [9.17, 15) is 4.79 Å². The van der Waals surface area contributed by atoms with Gasteiger partial charge in [0, 0.05) is 18.5 Å². The molecule has 2 bridgehead atoms. The average molecular weight is 239 g/mol. The third kappa shape index (κ3) is 3.21. The summed E-state index contributed by atoms with van der Waals surface area (Å²) < 4.78 is 5.60. The van der Waals surface area contributed by atoms with Gasteiger partial charge in [0.1, 0.15) is 6.10 Å². The van der Waals surface area contributed by atoms with Crippen molar-refractivity contribution >= 4 is 5.97 Å². The molecule has 0 aromatic heterocycles. The Morgan fingerprint density at radius 1 is 1.24 bits per heavy atom. The SMILES string of the molecule is CCCCCC(=O)OC1C[C@H]2CC[C@@H](C1)N2C. The smallest absolute Gasteiger partial charge is 0.306 e. The van der Waals surface area contributed by atoms with Gasteiger partial charge in [-0.3, -0.25) is 4.79 Å². The number of unbranched alkanes of at least 4 members (excludes halogenated alkanes) is 2. The summed E-state index contributed by atoms with van der Waals surface area (Å²) in [5.41, 5.74) is 0. The van der Waals surface area contributed by atoms with Crippen molar-refractivity contribution in [3.8, 4) is 0 Å². The molecule has 0 aliphatic carbocycles. The highest BCUT2D eigenvalue weighted by molar-refractivity contribution is 5.69. The number of nitrogens with zero attached hydrogens (tertiary/aromatic N) is 1. The lowest BCUT2D eigenvalue weighted by atomic mass is 10.0. The summed E-state index contributed by atoms with van der Waals surface area (Å²) in [5, 5.41) is 0. The highest BCUT2D eigenvalue weighted by Gasteiger charge is 2.39. The van der Waals surface area contributed by atoms with Gasteiger partial charge in [0.25, 0.3) is 0 Å². The molecule has 17 heavy (non-hydrogen) atoms. The van der Waals surface area contributed by atoms with Crippen molar-refractivity contribution in [3.05, 3.63) is 0 Å². The van der Waals surface area contributed by atoms with E-state index < -0.39 is 0 Å². The molecular weight excluding hydrogens is 214 g/mol. The number of fused-ring (bicyclic) bond motifs is 2. The molecule has 0 saturated carbocycles. The van der Waals surface area contributed by atoms with Gasteiger partial charge in [-0.15, -0.1) is 0 Å². The minimum Gasteiger partial charge on any atom is -0.462 e. The van der Waals surface area contributed by atoms with Crippen LogP contribution in [0.3, 0.4) is 0 Å². The first-order valence-corrected chi connectivity index (χ1v) is 7.12. The topological polar surface area (TPSA) is 29.5 Å². The fourth-order valence-electron chi connectivity index (χ4n) is 3.22. The Hall–Kier alpha value is -0.570. The second-order valence-electron chi connectivity index (χ2n) is 5.59. The Labute approximate surface area is 105 Å². The number of piperidine rings is 1. The summed E-state index contributed by atoms with van der Waals surface area (Å²) in [5.74, 6) is 0.0207. The third-order valence-corrected chi connectivity index (χ3v) is 4.34. The maximum atomic E-state index is 11.7. The average Bonchev–Trinajstić information content (AvgIpc) is 2.53. The number of hydrogen-bond acceptors (Lipinski definition) is 3. The Morgan fingerprint density at radius 3 is 2.47 bits per heavy atom. The molecule has 0 aromatic rings. The third-order valence-electron chi connectivity index (χ3n) is 4.34. The zero-order valence-electron chi connectivity index (χ0n) is 11.2. The van der Waals surface area contributed by atoms with Crippen LogP contribution in [0.5, 0.6) is 0 Å². The van der Waals surface area contributed by atoms with E-state index in [2.05, 4.69) is 18.9 Å². The fourth-order valence-corrected chi connectivity index (χ4v) is 3.22. The molecule has 0 spiro atoms. The van der Waals surface area contributed by atoms with Crippen molar-refractivity contribution in [2.75, 3.05) is 7.05 Å². The number of esters is 1. The lowest BCUT2D eigenvalue weighted by Gasteiger charge is -2.35. The van der Waals surface area contributed by atoms with E-state index >= 15 is 0 Å². The summed E-state index contributed by atoms with van der Waals surface area (Å²) >= 11 is 0. The summed E-state index contributed by atoms with van der Waals surface area (Å²) in [6.45, 7) is 2.15. The number of ether oxygens (including phenoxy) is 1. The molecule has 3 heteroatoms. The first kappa shape index (κ1) is 12.9. The first-order chi connectivity index (χ1) is 8.20. The van der Waals surface area contributed by atoms with Gasteiger partial charge in [-0.1, -0.05) is 19.8 Å². The van der Waals surface area contributed by atoms with Crippen LogP contribution < -0.4 is 0 Å². The Balaban J connectivity index is 1.72. The van der Waals surface area contributed by atoms with E-state index in [0.29, 0.717) is 18.5 Å². The summed E-state index contributed by atoms with van der Waals surface area (Å²) in [4.78, 5) is 14.1. The van der Waals surface area contributed by atoms with E-state index in [1.165, 1.54) is 12.8 Å². The van der Waals surface area contributed by atoms with Crippen LogP contribution in [0.4, 0.5) is 0 Å². The summed E-state index contributed by atoms with van der Waals surface area (Å²) in [6, 6.07) is 1.31. The van der Waals surface area contributed by atoms with Crippen LogP contribution in [0.1, 0.15) is 58.3 Å². The van der Waals surface area contributed by atoms with Crippen molar-refractivity contribution in [2.45, 2.75) is 76.5 Å². The van der Waals surface area contributed by atoms with Crippen molar-refractivity contribution in [1.82, 2.24) is 4.90 Å². The number of rotatable bonds is 5. The normalized spacial score (nSPS) is 32.7. The second-order valence-corrected chi connectivity index (χ2v) is 5.59. The zero-order chi connectivity index (χ0) is 12.3. The lowest BCUT2D eigenvalue weighted by Crippen LogP contribution is -2.43. The molecule has 2 rings (SSSR count). The molecule has 3 nitrogen and oxygen atoms in total. The van der Waals surface area contributed by atoms with Crippen molar-refractivity contribution in [3.63, 3.8) is 0 Å². The van der Waals surface area contributed by atoms with Crippen molar-refractivity contribution in [2.24, 2.45) is 0 Å². The maximum absolute atomic E-state index is 11.7. The second kappa shape index (κ2) is 5.85. The van der Waals surface area contributed by atoms with E-state index in [0.717, 1.165) is 32.1 Å². The highest BCUT2D eigenvalue weighted by atomic mass is 16.5. The van der Waals surface area contributed by atoms with Gasteiger partial charge in [-0.25, -0.2) is 0 Å². The molecule has 0 radical (unpaired) electrons. The Bertz CT molecular complexity index is 253. The molecule has 1 unspecified atom stereocenters. The van der Waals surface area contributed by atoms with Gasteiger partial charge >= 0.3 is 5.97 Å². The fraction of sp³-hybridized carbons (Fsp3) is 0.929. The largest absolute Gasteiger partial charge is 0.462 e. The van der Waals surface area contributed by atoms with Crippen LogP contribution in [0, 0.1) is 0 Å². The number of carbonyl (C=O) groups is 1. The number of carbonyl (C=O) groups excluding carboxylic acids is 1. The zero-order valence-corrected chi connectivity index (χ0v) is 11.2. The van der Waals surface area contributed by atoms with Gasteiger partial charge in [0.2, 0.25) is 0 Å². The quantitative estimate of drug-likeness (QED) is 0.546. The highest BCUT2D eigenvalue weighted by Crippen LogP contribution is 2.35. The van der Waals surface area contributed by atoms with E-state index in [4.69, 9.17) is 4.74 Å². The van der Waals surface area contributed by atoms with Gasteiger partial charge < -0.3 is 9.64 Å². The summed E-state index contributed by atoms with van der Waals surface area (Å²) in [6.07, 6.45) is 8.73. The minimum absolute atomic E-state index is 0.0207. The van der Waals surface area contributed by atoms with Crippen LogP contribution >= 0.6 is 0 Å². The first-order valence-electron chi connectivity index (χ1n) is 7.12. The molecule has 0 aromatic carbocycles. The van der Waals surface area contributed by atoms with Gasteiger partial charge in [0.15, 0.2) is 0 Å². The monoisotopic (exact) mass is 239 g/mol. The number of hydrogen-bond donors (Lipinski definition) is 0. The predicted octanol–water partition coefficient (Wildman–Crippen LogP) is 2.74. The van der Waals surface area contributed by atoms with E-state index in [1.807, 2.05) is 0 Å². The predicted molar refractivity (Wildman–Crippen MR) is 67.8 cm³/mol. The molecule has 3 atom stereocenters. The standard InChI is InChI=1S/C14H25NO2/c1-3-4-5-6-14(16)17-13-9-11-7-8-12(10-13)15(11)2/h11-13H,3-10H2,1-2H3/t11-,12+,13?. The summed E-state index contributed by atoms with van der Waals surface area (Å²) in [7, 11) is 2.21. The molecule has 2 saturated heterocycles. The maximum Gasteiger partial charge on any atom is 0.306 e. The van der Waals surface area contributed by atoms with E-state index in [-0.39, 0.29) is 12.1 Å². The van der Waals surface area contributed by atoms with Crippen LogP contribution in [-0.4, -0.2) is 36.1 Å². The Morgan fingerprint density at radius 2 is 1.88 bits per heavy atom. The minimum atomic E-state index is 0.0207. The molecule has 2 aliphatic rings. The van der Waals surface area contributed by atoms with Crippen LogP contribution in [0.15, 0.2) is 0 Å². The Kier molecular flexibility index (Phi) is 4.43. The van der Waals surface area contributed by atoms with Crippen LogP contribution in [0.2, 0.25) is 0 Å². The van der Waals surface area contributed by atoms with Gasteiger partial charge in [-0.2, -0.15) is 0 Å². The molecule has 2 aliphatic heterocycles. The van der Waals surface area contributed by atoms with Crippen LogP contribution in [0.25, 0.3) is 0 Å². The molecular formula is C14H25NO2.